The van der Waals surface area contributed by atoms with Crippen molar-refractivity contribution in [1.82, 2.24) is 25.4 Å². The van der Waals surface area contributed by atoms with E-state index in [-0.39, 0.29) is 66.5 Å². The molecule has 66 heavy (non-hydrogen) atoms. The number of rotatable bonds is 14. The fourth-order valence-electron chi connectivity index (χ4n) is 8.74. The molecule has 3 heterocycles. The standard InChI is InChI=1S/C46H61N9O10S/c1-28-29(2)38(30(3)34-20-22-45(7,8)64-37(28)34)66(62,63)52-42(47)48-24-12-15-35(39(56)49-32-16-18-33(19-17-32)55(60)61)50-40(57)36-21-25-53-26-23-46(41(58)54(36)53,27-31-13-10-9-11-14-31)51-43(59)65-44(4,5)6/h9-11,13-14,16-19,35-36H,12,15,20-27H2,1-8H3,(H,49,56)(H,50,57)(H,51,59)(H3,47,48,52)/t35-,36-,46+/m0/s1. The number of hydrogen-bond acceptors (Lipinski definition) is 12. The molecule has 2 fully saturated rings. The van der Waals surface area contributed by atoms with Crippen molar-refractivity contribution >= 4 is 51.2 Å². The number of sulfonamides is 1. The van der Waals surface area contributed by atoms with Gasteiger partial charge in [-0.3, -0.25) is 34.5 Å². The summed E-state index contributed by atoms with van der Waals surface area (Å²) >= 11 is 0. The van der Waals surface area contributed by atoms with Crippen LogP contribution < -0.4 is 31.1 Å². The molecule has 0 radical (unpaired) electrons. The number of carbonyl (C=O) groups is 4. The highest BCUT2D eigenvalue weighted by Crippen LogP contribution is 2.42. The molecule has 3 aromatic carbocycles. The Morgan fingerprint density at radius 3 is 2.35 bits per heavy atom. The van der Waals surface area contributed by atoms with Gasteiger partial charge in [0.05, 0.1) is 9.82 Å². The molecule has 3 aliphatic rings. The molecule has 2 saturated heterocycles. The monoisotopic (exact) mass is 931 g/mol. The lowest BCUT2D eigenvalue weighted by Crippen LogP contribution is -2.70. The highest BCUT2D eigenvalue weighted by Gasteiger charge is 2.54. The maximum atomic E-state index is 14.7. The second-order valence-electron chi connectivity index (χ2n) is 18.8. The SMILES string of the molecule is Cc1c(C)c(S(=O)(=O)NC(N)=NCCC[C@H](NC(=O)[C@@H]2CCN3CC[C@](Cc4ccccc4)(NC(=O)OC(C)(C)C)C(=O)N23)C(=O)Nc2ccc([N+](=O)[O-])cc2)c(C)c2c1OC(C)(C)CC2. The van der Waals surface area contributed by atoms with Crippen LogP contribution in [0.1, 0.15) is 94.5 Å². The van der Waals surface area contributed by atoms with Crippen LogP contribution in [0.2, 0.25) is 0 Å². The van der Waals surface area contributed by atoms with Crippen LogP contribution in [0, 0.1) is 30.9 Å². The molecule has 3 aromatic rings. The largest absolute Gasteiger partial charge is 0.487 e. The van der Waals surface area contributed by atoms with Crippen molar-refractivity contribution in [3.8, 4) is 5.75 Å². The minimum absolute atomic E-state index is 0.00477. The number of aliphatic imine (C=N–C) groups is 1. The van der Waals surface area contributed by atoms with E-state index in [0.717, 1.165) is 16.7 Å². The van der Waals surface area contributed by atoms with Crippen LogP contribution in [0.15, 0.2) is 64.5 Å². The van der Waals surface area contributed by atoms with E-state index in [9.17, 15) is 37.7 Å². The number of nitrogens with zero attached hydrogens (tertiary/aromatic N) is 4. The van der Waals surface area contributed by atoms with Crippen molar-refractivity contribution in [2.24, 2.45) is 10.7 Å². The normalized spacial score (nSPS) is 20.0. The van der Waals surface area contributed by atoms with Crippen molar-refractivity contribution in [3.05, 3.63) is 92.5 Å². The number of ether oxygens (including phenoxy) is 2. The van der Waals surface area contributed by atoms with Crippen molar-refractivity contribution in [2.75, 3.05) is 25.0 Å². The molecule has 4 amide bonds. The molecular weight excluding hydrogens is 871 g/mol. The quantitative estimate of drug-likeness (QED) is 0.0478. The lowest BCUT2D eigenvalue weighted by atomic mass is 9.84. The Balaban J connectivity index is 1.19. The number of nitrogens with one attached hydrogen (secondary N) is 4. The summed E-state index contributed by atoms with van der Waals surface area (Å²) in [6, 6.07) is 12.1. The Kier molecular flexibility index (Phi) is 14.4. The molecule has 19 nitrogen and oxygen atoms in total. The number of nitro benzene ring substituents is 1. The number of hydrazine groups is 1. The summed E-state index contributed by atoms with van der Waals surface area (Å²) in [5, 5.41) is 22.8. The fourth-order valence-corrected chi connectivity index (χ4v) is 10.3. The highest BCUT2D eigenvalue weighted by molar-refractivity contribution is 7.90. The molecule has 0 aliphatic carbocycles. The highest BCUT2D eigenvalue weighted by atomic mass is 32.2. The third-order valence-corrected chi connectivity index (χ3v) is 13.8. The average Bonchev–Trinajstić information content (AvgIpc) is 3.67. The van der Waals surface area contributed by atoms with Crippen molar-refractivity contribution in [2.45, 2.75) is 134 Å². The number of alkyl carbamates (subject to hydrolysis) is 1. The van der Waals surface area contributed by atoms with Gasteiger partial charge >= 0.3 is 6.09 Å². The summed E-state index contributed by atoms with van der Waals surface area (Å²) in [5.74, 6) is -1.46. The number of nitro groups is 1. The minimum Gasteiger partial charge on any atom is -0.487 e. The van der Waals surface area contributed by atoms with Crippen LogP contribution in [-0.4, -0.2) is 102 Å². The molecule has 356 valence electrons. The number of hydrogen-bond donors (Lipinski definition) is 5. The van der Waals surface area contributed by atoms with Gasteiger partial charge in [0.15, 0.2) is 0 Å². The summed E-state index contributed by atoms with van der Waals surface area (Å²) < 4.78 is 41.9. The summed E-state index contributed by atoms with van der Waals surface area (Å²) in [7, 11) is -4.19. The molecule has 3 aliphatic heterocycles. The van der Waals surface area contributed by atoms with Gasteiger partial charge in [0.25, 0.3) is 21.6 Å². The van der Waals surface area contributed by atoms with Gasteiger partial charge in [-0.05, 0) is 134 Å². The van der Waals surface area contributed by atoms with Gasteiger partial charge in [0.1, 0.15) is 34.6 Å². The van der Waals surface area contributed by atoms with E-state index in [4.69, 9.17) is 15.2 Å². The maximum Gasteiger partial charge on any atom is 0.408 e. The van der Waals surface area contributed by atoms with Gasteiger partial charge in [-0.2, -0.15) is 0 Å². The molecule has 0 unspecified atom stereocenters. The lowest BCUT2D eigenvalue weighted by molar-refractivity contribution is -0.384. The second kappa shape index (κ2) is 19.3. The molecule has 6 N–H and O–H groups in total. The molecule has 3 atom stereocenters. The number of nitrogens with two attached hydrogens (primary N) is 1. The number of anilines is 1. The van der Waals surface area contributed by atoms with Crippen LogP contribution in [0.4, 0.5) is 16.2 Å². The summed E-state index contributed by atoms with van der Waals surface area (Å²) in [6.45, 7) is 15.1. The first-order valence-electron chi connectivity index (χ1n) is 22.0. The Bertz CT molecular complexity index is 2510. The van der Waals surface area contributed by atoms with Crippen LogP contribution in [0.3, 0.4) is 0 Å². The maximum absolute atomic E-state index is 14.7. The topological polar surface area (TPSA) is 257 Å². The smallest absolute Gasteiger partial charge is 0.408 e. The molecular formula is C46H61N9O10S. The van der Waals surface area contributed by atoms with Gasteiger partial charge in [-0.25, -0.2) is 22.9 Å². The molecule has 20 heteroatoms. The Morgan fingerprint density at radius 2 is 1.70 bits per heavy atom. The van der Waals surface area contributed by atoms with E-state index in [0.29, 0.717) is 42.8 Å². The lowest BCUT2D eigenvalue weighted by Gasteiger charge is -2.46. The van der Waals surface area contributed by atoms with Gasteiger partial charge in [-0.15, -0.1) is 0 Å². The number of carbonyl (C=O) groups excluding carboxylic acids is 4. The number of fused-ring (bicyclic) bond motifs is 2. The van der Waals surface area contributed by atoms with E-state index in [1.807, 2.05) is 51.1 Å². The molecule has 0 bridgehead atoms. The Hall–Kier alpha value is -6.28. The molecule has 6 rings (SSSR count). The van der Waals surface area contributed by atoms with Crippen LogP contribution in [-0.2, 0) is 42.0 Å². The first kappa shape index (κ1) is 49.2. The first-order valence-corrected chi connectivity index (χ1v) is 23.5. The van der Waals surface area contributed by atoms with Crippen LogP contribution >= 0.6 is 0 Å². The van der Waals surface area contributed by atoms with E-state index in [1.165, 1.54) is 29.3 Å². The molecule has 0 saturated carbocycles. The summed E-state index contributed by atoms with van der Waals surface area (Å²) in [6.07, 6.45) is 1.32. The Labute approximate surface area is 385 Å². The number of amides is 4. The van der Waals surface area contributed by atoms with Gasteiger partial charge < -0.3 is 31.2 Å². The minimum atomic E-state index is -4.19. The van der Waals surface area contributed by atoms with Crippen molar-refractivity contribution < 1.29 is 42.0 Å². The zero-order valence-corrected chi connectivity index (χ0v) is 39.6. The summed E-state index contributed by atoms with van der Waals surface area (Å²) in [5.41, 5.74) is 6.93. The van der Waals surface area contributed by atoms with Crippen molar-refractivity contribution in [3.63, 3.8) is 0 Å². The zero-order valence-electron chi connectivity index (χ0n) is 38.8. The van der Waals surface area contributed by atoms with Gasteiger partial charge in [0.2, 0.25) is 17.8 Å². The zero-order chi connectivity index (χ0) is 48.4. The van der Waals surface area contributed by atoms with E-state index < -0.39 is 62.0 Å². The van der Waals surface area contributed by atoms with Crippen LogP contribution in [0.25, 0.3) is 0 Å². The van der Waals surface area contributed by atoms with Crippen LogP contribution in [0.5, 0.6) is 5.75 Å². The Morgan fingerprint density at radius 1 is 1.02 bits per heavy atom. The third-order valence-electron chi connectivity index (χ3n) is 12.2. The van der Waals surface area contributed by atoms with Crippen molar-refractivity contribution in [1.29, 1.82) is 0 Å². The van der Waals surface area contributed by atoms with Gasteiger partial charge in [0, 0.05) is 43.9 Å². The predicted molar refractivity (Wildman–Crippen MR) is 247 cm³/mol. The van der Waals surface area contributed by atoms with E-state index in [1.54, 1.807) is 39.6 Å². The average molecular weight is 932 g/mol. The second-order valence-corrected chi connectivity index (χ2v) is 20.4. The first-order chi connectivity index (χ1) is 30.9. The fraction of sp³-hybridized carbons (Fsp3) is 0.500. The van der Waals surface area contributed by atoms with E-state index >= 15 is 0 Å². The third kappa shape index (κ3) is 11.2. The number of benzene rings is 3. The number of non-ortho nitro benzene ring substituents is 1. The summed E-state index contributed by atoms with van der Waals surface area (Å²) in [4.78, 5) is 71.2. The predicted octanol–water partition coefficient (Wildman–Crippen LogP) is 4.85. The molecule has 0 aromatic heterocycles. The van der Waals surface area contributed by atoms with E-state index in [2.05, 4.69) is 25.7 Å². The van der Waals surface area contributed by atoms with Gasteiger partial charge in [-0.1, -0.05) is 30.3 Å². The molecule has 0 spiro atoms. The number of guanidine groups is 1.